The van der Waals surface area contributed by atoms with Crippen LogP contribution in [0.3, 0.4) is 0 Å². The number of hydrogen-bond acceptors (Lipinski definition) is 3. The maximum atomic E-state index is 12.6. The van der Waals surface area contributed by atoms with Crippen molar-refractivity contribution in [3.05, 3.63) is 59.4 Å². The summed E-state index contributed by atoms with van der Waals surface area (Å²) in [5.74, 6) is 0.976. The number of carbonyl (C=O) groups excluding carboxylic acids is 1. The summed E-state index contributed by atoms with van der Waals surface area (Å²) in [5.41, 5.74) is 3.03. The molecule has 1 spiro atoms. The Morgan fingerprint density at radius 1 is 1.39 bits per heavy atom. The molecule has 4 rings (SSSR count). The normalized spacial score (nSPS) is 24.7. The van der Waals surface area contributed by atoms with Gasteiger partial charge in [0.25, 0.3) is 5.91 Å². The van der Waals surface area contributed by atoms with E-state index in [9.17, 15) is 4.79 Å². The molecule has 1 aromatic heterocycles. The maximum absolute atomic E-state index is 12.6. The smallest absolute Gasteiger partial charge is 0.251 e. The van der Waals surface area contributed by atoms with Gasteiger partial charge in [0.05, 0.1) is 6.61 Å². The van der Waals surface area contributed by atoms with E-state index >= 15 is 0 Å². The molecule has 1 fully saturated rings. The zero-order valence-corrected chi connectivity index (χ0v) is 13.2. The summed E-state index contributed by atoms with van der Waals surface area (Å²) >= 11 is 0. The fraction of sp³-hybridized carbons (Fsp3) is 0.368. The third-order valence-corrected chi connectivity index (χ3v) is 5.14. The summed E-state index contributed by atoms with van der Waals surface area (Å²) in [6.45, 7) is 2.76. The van der Waals surface area contributed by atoms with Gasteiger partial charge >= 0.3 is 0 Å². The maximum Gasteiger partial charge on any atom is 0.251 e. The molecule has 1 aromatic carbocycles. The van der Waals surface area contributed by atoms with Gasteiger partial charge in [-0.2, -0.15) is 0 Å². The van der Waals surface area contributed by atoms with E-state index in [0.717, 1.165) is 42.7 Å². The zero-order chi connectivity index (χ0) is 15.9. The molecule has 1 N–H and O–H groups in total. The highest BCUT2D eigenvalue weighted by atomic mass is 16.5. The van der Waals surface area contributed by atoms with Gasteiger partial charge < -0.3 is 10.1 Å². The standard InChI is InChI=1S/C19H20N2O2/c1-2-13-12-20-9-7-14(13)18(22)21-17-11-19(17)8-10-23-16-6-4-3-5-15(16)19/h3-7,9,12,17H,2,8,10-11H2,1H3,(H,21,22). The van der Waals surface area contributed by atoms with Crippen LogP contribution in [0.15, 0.2) is 42.7 Å². The van der Waals surface area contributed by atoms with Crippen molar-refractivity contribution in [2.75, 3.05) is 6.61 Å². The number of aryl methyl sites for hydroxylation is 1. The van der Waals surface area contributed by atoms with Crippen molar-refractivity contribution in [1.29, 1.82) is 0 Å². The first-order chi connectivity index (χ1) is 11.2. The van der Waals surface area contributed by atoms with Gasteiger partial charge in [0, 0.05) is 35.0 Å². The van der Waals surface area contributed by atoms with Crippen LogP contribution in [0.1, 0.15) is 41.3 Å². The number of nitrogens with one attached hydrogen (secondary N) is 1. The van der Waals surface area contributed by atoms with E-state index in [2.05, 4.69) is 16.4 Å². The number of pyridine rings is 1. The fourth-order valence-electron chi connectivity index (χ4n) is 3.72. The first-order valence-electron chi connectivity index (χ1n) is 8.20. The molecule has 1 amide bonds. The van der Waals surface area contributed by atoms with Crippen LogP contribution < -0.4 is 10.1 Å². The van der Waals surface area contributed by atoms with Gasteiger partial charge in [-0.05, 0) is 37.0 Å². The minimum Gasteiger partial charge on any atom is -0.493 e. The monoisotopic (exact) mass is 308 g/mol. The highest BCUT2D eigenvalue weighted by molar-refractivity contribution is 5.96. The Labute approximate surface area is 135 Å². The van der Waals surface area contributed by atoms with E-state index in [1.54, 1.807) is 18.5 Å². The lowest BCUT2D eigenvalue weighted by Gasteiger charge is -2.27. The van der Waals surface area contributed by atoms with E-state index in [1.807, 2.05) is 25.1 Å². The lowest BCUT2D eigenvalue weighted by Crippen LogP contribution is -2.34. The number of carbonyl (C=O) groups is 1. The number of hydrogen-bond donors (Lipinski definition) is 1. The molecule has 0 bridgehead atoms. The van der Waals surface area contributed by atoms with E-state index in [0.29, 0.717) is 0 Å². The van der Waals surface area contributed by atoms with E-state index in [-0.39, 0.29) is 17.4 Å². The Balaban J connectivity index is 1.56. The Hall–Kier alpha value is -2.36. The summed E-state index contributed by atoms with van der Waals surface area (Å²) in [6, 6.07) is 10.2. The van der Waals surface area contributed by atoms with Crippen molar-refractivity contribution in [2.45, 2.75) is 37.6 Å². The molecule has 118 valence electrons. The van der Waals surface area contributed by atoms with Crippen molar-refractivity contribution in [3.8, 4) is 5.75 Å². The lowest BCUT2D eigenvalue weighted by molar-refractivity contribution is 0.0944. The molecule has 1 aliphatic carbocycles. The zero-order valence-electron chi connectivity index (χ0n) is 13.2. The summed E-state index contributed by atoms with van der Waals surface area (Å²) < 4.78 is 5.75. The van der Waals surface area contributed by atoms with Gasteiger partial charge in [-0.15, -0.1) is 0 Å². The summed E-state index contributed by atoms with van der Waals surface area (Å²) in [7, 11) is 0. The Morgan fingerprint density at radius 2 is 2.26 bits per heavy atom. The molecule has 2 aliphatic rings. The van der Waals surface area contributed by atoms with Crippen LogP contribution in [0.2, 0.25) is 0 Å². The number of amides is 1. The fourth-order valence-corrected chi connectivity index (χ4v) is 3.72. The highest BCUT2D eigenvalue weighted by Gasteiger charge is 2.58. The number of fused-ring (bicyclic) bond motifs is 2. The minimum atomic E-state index is 0.00935. The van der Waals surface area contributed by atoms with Gasteiger partial charge in [0.1, 0.15) is 5.75 Å². The first kappa shape index (κ1) is 14.2. The van der Waals surface area contributed by atoms with Gasteiger partial charge in [-0.3, -0.25) is 9.78 Å². The molecule has 2 unspecified atom stereocenters. The highest BCUT2D eigenvalue weighted by Crippen LogP contribution is 2.55. The summed E-state index contributed by atoms with van der Waals surface area (Å²) in [6.07, 6.45) is 6.22. The quantitative estimate of drug-likeness (QED) is 0.948. The van der Waals surface area contributed by atoms with E-state index in [1.165, 1.54) is 5.56 Å². The molecule has 2 aromatic rings. The number of nitrogens with zero attached hydrogens (tertiary/aromatic N) is 1. The Bertz CT molecular complexity index is 759. The lowest BCUT2D eigenvalue weighted by atomic mass is 9.89. The van der Waals surface area contributed by atoms with Gasteiger partial charge in [0.2, 0.25) is 0 Å². The van der Waals surface area contributed by atoms with Crippen molar-refractivity contribution in [2.24, 2.45) is 0 Å². The van der Waals surface area contributed by atoms with Crippen LogP contribution >= 0.6 is 0 Å². The third kappa shape index (κ3) is 2.29. The number of rotatable bonds is 3. The molecule has 2 heterocycles. The number of aromatic nitrogens is 1. The first-order valence-corrected chi connectivity index (χ1v) is 8.20. The summed E-state index contributed by atoms with van der Waals surface area (Å²) in [4.78, 5) is 16.8. The van der Waals surface area contributed by atoms with Gasteiger partial charge in [0.15, 0.2) is 0 Å². The molecule has 0 radical (unpaired) electrons. The minimum absolute atomic E-state index is 0.00935. The van der Waals surface area contributed by atoms with Crippen LogP contribution in [0.4, 0.5) is 0 Å². The molecule has 4 heteroatoms. The second-order valence-corrected chi connectivity index (χ2v) is 6.37. The molecule has 0 saturated heterocycles. The van der Waals surface area contributed by atoms with Crippen molar-refractivity contribution in [3.63, 3.8) is 0 Å². The number of benzene rings is 1. The Morgan fingerprint density at radius 3 is 3.13 bits per heavy atom. The molecule has 2 atom stereocenters. The second kappa shape index (κ2) is 5.37. The second-order valence-electron chi connectivity index (χ2n) is 6.37. The van der Waals surface area contributed by atoms with Crippen LogP contribution in [-0.2, 0) is 11.8 Å². The predicted molar refractivity (Wildman–Crippen MR) is 87.7 cm³/mol. The SMILES string of the molecule is CCc1cnccc1C(=O)NC1CC12CCOc1ccccc12. The average Bonchev–Trinajstić information content (AvgIpc) is 3.27. The topological polar surface area (TPSA) is 51.2 Å². The number of para-hydroxylation sites is 1. The third-order valence-electron chi connectivity index (χ3n) is 5.14. The average molecular weight is 308 g/mol. The molecule has 23 heavy (non-hydrogen) atoms. The predicted octanol–water partition coefficient (Wildman–Crippen LogP) is 2.87. The van der Waals surface area contributed by atoms with Crippen molar-refractivity contribution in [1.82, 2.24) is 10.3 Å². The summed E-state index contributed by atoms with van der Waals surface area (Å²) in [5, 5.41) is 3.22. The van der Waals surface area contributed by atoms with Crippen LogP contribution in [-0.4, -0.2) is 23.5 Å². The van der Waals surface area contributed by atoms with Crippen molar-refractivity contribution >= 4 is 5.91 Å². The Kier molecular flexibility index (Phi) is 3.33. The molecule has 1 aliphatic heterocycles. The van der Waals surface area contributed by atoms with Gasteiger partial charge in [-0.1, -0.05) is 25.1 Å². The van der Waals surface area contributed by atoms with Crippen LogP contribution in [0, 0.1) is 0 Å². The van der Waals surface area contributed by atoms with Gasteiger partial charge in [-0.25, -0.2) is 0 Å². The largest absolute Gasteiger partial charge is 0.493 e. The number of ether oxygens (including phenoxy) is 1. The molecular weight excluding hydrogens is 288 g/mol. The molecule has 1 saturated carbocycles. The van der Waals surface area contributed by atoms with E-state index < -0.39 is 0 Å². The molecular formula is C19H20N2O2. The van der Waals surface area contributed by atoms with Crippen LogP contribution in [0.5, 0.6) is 5.75 Å². The van der Waals surface area contributed by atoms with Crippen molar-refractivity contribution < 1.29 is 9.53 Å². The van der Waals surface area contributed by atoms with E-state index in [4.69, 9.17) is 4.74 Å². The molecule has 4 nitrogen and oxygen atoms in total. The van der Waals surface area contributed by atoms with Crippen LogP contribution in [0.25, 0.3) is 0 Å².